The Bertz CT molecular complexity index is 1080. The van der Waals surface area contributed by atoms with Crippen LogP contribution in [0.25, 0.3) is 4.91 Å². The number of morpholine rings is 1. The summed E-state index contributed by atoms with van der Waals surface area (Å²) < 4.78 is 35.3. The molecule has 2 fully saturated rings. The molecule has 34 heavy (non-hydrogen) atoms. The second kappa shape index (κ2) is 10.6. The molecule has 0 saturated carbocycles. The zero-order valence-corrected chi connectivity index (χ0v) is 21.3. The van der Waals surface area contributed by atoms with Gasteiger partial charge in [0.2, 0.25) is 5.91 Å². The minimum absolute atomic E-state index is 0.0400. The van der Waals surface area contributed by atoms with Gasteiger partial charge in [-0.05, 0) is 63.3 Å². The fourth-order valence-corrected chi connectivity index (χ4v) is 6.38. The van der Waals surface area contributed by atoms with Crippen LogP contribution in [0, 0.1) is 19.8 Å². The molecule has 186 valence electrons. The summed E-state index contributed by atoms with van der Waals surface area (Å²) in [6.45, 7) is 12.2. The van der Waals surface area contributed by atoms with Gasteiger partial charge in [0.1, 0.15) is 10.7 Å². The fourth-order valence-electron chi connectivity index (χ4n) is 4.90. The van der Waals surface area contributed by atoms with Crippen LogP contribution in [0.4, 0.5) is 0 Å². The van der Waals surface area contributed by atoms with Crippen LogP contribution in [0.15, 0.2) is 28.2 Å². The highest BCUT2D eigenvalue weighted by Gasteiger charge is 2.35. The van der Waals surface area contributed by atoms with Gasteiger partial charge < -0.3 is 15.0 Å². The number of nitrogens with zero attached hydrogens (tertiary/aromatic N) is 3. The van der Waals surface area contributed by atoms with Crippen molar-refractivity contribution in [3.63, 3.8) is 0 Å². The van der Waals surface area contributed by atoms with E-state index in [4.69, 9.17) is 4.74 Å². The lowest BCUT2D eigenvalue weighted by Crippen LogP contribution is -2.43. The molecular formula is C25H36N4O4S. The number of amides is 1. The summed E-state index contributed by atoms with van der Waals surface area (Å²) in [5.74, 6) is 0.588. The maximum absolute atomic E-state index is 12.9. The molecule has 1 aromatic carbocycles. The van der Waals surface area contributed by atoms with Gasteiger partial charge in [-0.3, -0.25) is 9.69 Å². The lowest BCUT2D eigenvalue weighted by Gasteiger charge is -2.33. The Labute approximate surface area is 203 Å². The smallest absolute Gasteiger partial charge is 0.285 e. The predicted octanol–water partition coefficient (Wildman–Crippen LogP) is 2.33. The topological polar surface area (TPSA) is 91.3 Å². The van der Waals surface area contributed by atoms with Crippen LogP contribution in [0.5, 0.6) is 0 Å². The number of carbonyl (C=O) groups excluding carboxylic acids is 1. The molecule has 9 heteroatoms. The Morgan fingerprint density at radius 3 is 2.47 bits per heavy atom. The van der Waals surface area contributed by atoms with Crippen molar-refractivity contribution in [3.05, 3.63) is 40.5 Å². The van der Waals surface area contributed by atoms with E-state index in [0.717, 1.165) is 50.4 Å². The number of hydrogen-bond acceptors (Lipinski definition) is 6. The Balaban J connectivity index is 1.31. The lowest BCUT2D eigenvalue weighted by molar-refractivity contribution is -0.126. The number of amidine groups is 1. The second-order valence-electron chi connectivity index (χ2n) is 9.50. The molecule has 0 atom stereocenters. The maximum atomic E-state index is 12.9. The number of aryl methyl sites for hydroxylation is 2. The molecule has 0 bridgehead atoms. The van der Waals surface area contributed by atoms with E-state index in [2.05, 4.69) is 14.6 Å². The first-order chi connectivity index (χ1) is 16.3. The van der Waals surface area contributed by atoms with Crippen LogP contribution in [0.2, 0.25) is 0 Å². The third kappa shape index (κ3) is 5.53. The Morgan fingerprint density at radius 2 is 1.79 bits per heavy atom. The van der Waals surface area contributed by atoms with E-state index in [1.807, 2.05) is 43.9 Å². The molecule has 0 radical (unpaired) electrons. The standard InChI is InChI=1S/C25H36N4O4S/c1-18-5-6-22(17-19(18)2)23-20(3)24(27-34(23,31)32)29-11-7-21(8-12-29)25(30)26-9-4-10-28-13-15-33-16-14-28/h5-6,17,21H,4,7-16H2,1-3H3,(H,26,30). The van der Waals surface area contributed by atoms with E-state index < -0.39 is 10.0 Å². The minimum atomic E-state index is -3.74. The molecule has 3 aliphatic heterocycles. The molecule has 0 aliphatic carbocycles. The van der Waals surface area contributed by atoms with Gasteiger partial charge in [0.15, 0.2) is 0 Å². The van der Waals surface area contributed by atoms with Crippen molar-refractivity contribution in [2.75, 3.05) is 52.5 Å². The number of rotatable bonds is 6. The van der Waals surface area contributed by atoms with E-state index in [9.17, 15) is 13.2 Å². The Morgan fingerprint density at radius 1 is 1.09 bits per heavy atom. The molecule has 2 saturated heterocycles. The molecule has 0 unspecified atom stereocenters. The van der Waals surface area contributed by atoms with Gasteiger partial charge in [-0.25, -0.2) is 0 Å². The lowest BCUT2D eigenvalue weighted by atomic mass is 9.95. The zero-order valence-electron chi connectivity index (χ0n) is 20.5. The van der Waals surface area contributed by atoms with Gasteiger partial charge in [-0.2, -0.15) is 8.42 Å². The normalized spacial score (nSPS) is 21.6. The first-order valence-electron chi connectivity index (χ1n) is 12.2. The highest BCUT2D eigenvalue weighted by atomic mass is 32.2. The number of nitrogens with one attached hydrogen (secondary N) is 1. The average Bonchev–Trinajstić information content (AvgIpc) is 3.07. The van der Waals surface area contributed by atoms with Crippen molar-refractivity contribution < 1.29 is 17.9 Å². The van der Waals surface area contributed by atoms with Crippen LogP contribution in [0.3, 0.4) is 0 Å². The summed E-state index contributed by atoms with van der Waals surface area (Å²) in [5, 5.41) is 3.09. The van der Waals surface area contributed by atoms with E-state index in [0.29, 0.717) is 54.4 Å². The molecule has 3 aliphatic rings. The number of likely N-dealkylation sites (tertiary alicyclic amines) is 1. The SMILES string of the molecule is CC1=C(c2ccc(C)c(C)c2)S(=O)(=O)N=C1N1CCC(C(=O)NCCCN2CCOCC2)CC1. The summed E-state index contributed by atoms with van der Waals surface area (Å²) in [6, 6.07) is 5.72. The summed E-state index contributed by atoms with van der Waals surface area (Å²) in [5.41, 5.74) is 3.55. The fraction of sp³-hybridized carbons (Fsp3) is 0.600. The third-order valence-electron chi connectivity index (χ3n) is 7.13. The van der Waals surface area contributed by atoms with E-state index in [1.165, 1.54) is 0 Å². The second-order valence-corrected chi connectivity index (χ2v) is 11.0. The first-order valence-corrected chi connectivity index (χ1v) is 13.7. The molecule has 8 nitrogen and oxygen atoms in total. The number of hydrogen-bond donors (Lipinski definition) is 1. The van der Waals surface area contributed by atoms with Crippen LogP contribution in [0.1, 0.15) is 42.9 Å². The molecule has 1 N–H and O–H groups in total. The summed E-state index contributed by atoms with van der Waals surface area (Å²) in [6.07, 6.45) is 2.33. The van der Waals surface area contributed by atoms with Gasteiger partial charge in [-0.15, -0.1) is 4.40 Å². The summed E-state index contributed by atoms with van der Waals surface area (Å²) in [4.78, 5) is 17.3. The molecule has 4 rings (SSSR count). The van der Waals surface area contributed by atoms with Crippen molar-refractivity contribution in [3.8, 4) is 0 Å². The maximum Gasteiger partial charge on any atom is 0.285 e. The van der Waals surface area contributed by atoms with E-state index >= 15 is 0 Å². The molecule has 3 heterocycles. The van der Waals surface area contributed by atoms with Crippen molar-refractivity contribution in [2.45, 2.75) is 40.0 Å². The Kier molecular flexibility index (Phi) is 7.74. The third-order valence-corrected chi connectivity index (χ3v) is 8.60. The number of sulfonamides is 1. The number of piperidine rings is 1. The van der Waals surface area contributed by atoms with Crippen LogP contribution < -0.4 is 5.32 Å². The highest BCUT2D eigenvalue weighted by Crippen LogP contribution is 2.35. The zero-order chi connectivity index (χ0) is 24.3. The highest BCUT2D eigenvalue weighted by molar-refractivity contribution is 8.00. The average molecular weight is 489 g/mol. The van der Waals surface area contributed by atoms with Gasteiger partial charge in [0, 0.05) is 44.2 Å². The summed E-state index contributed by atoms with van der Waals surface area (Å²) in [7, 11) is -3.74. The first kappa shape index (κ1) is 24.9. The number of carbonyl (C=O) groups is 1. The predicted molar refractivity (Wildman–Crippen MR) is 134 cm³/mol. The van der Waals surface area contributed by atoms with Gasteiger partial charge in [0.05, 0.1) is 13.2 Å². The molecular weight excluding hydrogens is 452 g/mol. The monoisotopic (exact) mass is 488 g/mol. The van der Waals surface area contributed by atoms with Crippen molar-refractivity contribution in [1.82, 2.24) is 15.1 Å². The number of ether oxygens (including phenoxy) is 1. The largest absolute Gasteiger partial charge is 0.379 e. The molecule has 1 amide bonds. The summed E-state index contributed by atoms with van der Waals surface area (Å²) >= 11 is 0. The van der Waals surface area contributed by atoms with Gasteiger partial charge in [0.25, 0.3) is 10.0 Å². The molecule has 1 aromatic rings. The van der Waals surface area contributed by atoms with Crippen LogP contribution >= 0.6 is 0 Å². The van der Waals surface area contributed by atoms with E-state index in [1.54, 1.807) is 0 Å². The van der Waals surface area contributed by atoms with Crippen molar-refractivity contribution in [1.29, 1.82) is 0 Å². The van der Waals surface area contributed by atoms with E-state index in [-0.39, 0.29) is 11.8 Å². The Hall–Kier alpha value is -2.23. The van der Waals surface area contributed by atoms with Crippen LogP contribution in [-0.2, 0) is 19.6 Å². The molecule has 0 aromatic heterocycles. The minimum Gasteiger partial charge on any atom is -0.379 e. The van der Waals surface area contributed by atoms with Crippen molar-refractivity contribution in [2.24, 2.45) is 10.3 Å². The van der Waals surface area contributed by atoms with Gasteiger partial charge >= 0.3 is 0 Å². The number of benzene rings is 1. The van der Waals surface area contributed by atoms with Gasteiger partial charge in [-0.1, -0.05) is 18.2 Å². The van der Waals surface area contributed by atoms with Crippen LogP contribution in [-0.4, -0.2) is 82.4 Å². The molecule has 0 spiro atoms. The van der Waals surface area contributed by atoms with Crippen molar-refractivity contribution >= 4 is 26.7 Å². The quantitative estimate of drug-likeness (QED) is 0.618.